The van der Waals surface area contributed by atoms with Crippen LogP contribution in [0.4, 0.5) is 10.5 Å². The molecule has 0 aliphatic rings. The first-order valence-corrected chi connectivity index (χ1v) is 6.06. The SMILES string of the molecule is COC(=O)CN(CC(=O)OC)NC(=O)Nc1ccccc1. The molecule has 0 fully saturated rings. The zero-order valence-electron chi connectivity index (χ0n) is 11.8. The number of ether oxygens (including phenoxy) is 2. The first kappa shape index (κ1) is 16.4. The number of hydrogen-bond acceptors (Lipinski definition) is 6. The quantitative estimate of drug-likeness (QED) is 0.581. The van der Waals surface area contributed by atoms with Gasteiger partial charge >= 0.3 is 18.0 Å². The minimum atomic E-state index is -0.598. The lowest BCUT2D eigenvalue weighted by Crippen LogP contribution is -2.49. The number of rotatable bonds is 6. The lowest BCUT2D eigenvalue weighted by atomic mass is 10.3. The number of urea groups is 1. The minimum absolute atomic E-state index is 0.284. The number of amides is 2. The number of nitrogens with one attached hydrogen (secondary N) is 2. The molecular weight excluding hydrogens is 278 g/mol. The monoisotopic (exact) mass is 295 g/mol. The smallest absolute Gasteiger partial charge is 0.333 e. The van der Waals surface area contributed by atoms with Crippen molar-refractivity contribution in [3.8, 4) is 0 Å². The Morgan fingerprint density at radius 3 is 2.00 bits per heavy atom. The van der Waals surface area contributed by atoms with Crippen LogP contribution in [0.1, 0.15) is 0 Å². The summed E-state index contributed by atoms with van der Waals surface area (Å²) in [5.74, 6) is -1.20. The fourth-order valence-electron chi connectivity index (χ4n) is 1.40. The van der Waals surface area contributed by atoms with E-state index in [-0.39, 0.29) is 13.1 Å². The summed E-state index contributed by atoms with van der Waals surface area (Å²) >= 11 is 0. The Hall–Kier alpha value is -2.61. The molecule has 1 aromatic carbocycles. The third kappa shape index (κ3) is 6.39. The maximum Gasteiger partial charge on any atom is 0.333 e. The molecule has 0 aromatic heterocycles. The van der Waals surface area contributed by atoms with Crippen molar-refractivity contribution in [2.75, 3.05) is 32.6 Å². The van der Waals surface area contributed by atoms with E-state index in [2.05, 4.69) is 20.2 Å². The number of esters is 2. The Labute approximate surface area is 122 Å². The molecule has 0 aliphatic heterocycles. The summed E-state index contributed by atoms with van der Waals surface area (Å²) in [5.41, 5.74) is 2.95. The number of benzene rings is 1. The molecule has 2 amide bonds. The third-order valence-corrected chi connectivity index (χ3v) is 2.39. The summed E-state index contributed by atoms with van der Waals surface area (Å²) in [6, 6.07) is 8.14. The van der Waals surface area contributed by atoms with E-state index in [0.29, 0.717) is 5.69 Å². The fourth-order valence-corrected chi connectivity index (χ4v) is 1.40. The number of methoxy groups -OCH3 is 2. The summed E-state index contributed by atoms with van der Waals surface area (Å²) in [6.07, 6.45) is 0. The van der Waals surface area contributed by atoms with E-state index < -0.39 is 18.0 Å². The molecule has 0 radical (unpaired) electrons. The number of para-hydroxylation sites is 1. The number of hydrazine groups is 1. The molecule has 1 aromatic rings. The van der Waals surface area contributed by atoms with Crippen molar-refractivity contribution >= 4 is 23.7 Å². The first-order chi connectivity index (χ1) is 10.0. The molecule has 8 heteroatoms. The Balaban J connectivity index is 2.59. The van der Waals surface area contributed by atoms with Gasteiger partial charge in [0.2, 0.25) is 0 Å². The van der Waals surface area contributed by atoms with Gasteiger partial charge in [0.1, 0.15) is 13.1 Å². The van der Waals surface area contributed by atoms with Gasteiger partial charge in [-0.05, 0) is 12.1 Å². The fraction of sp³-hybridized carbons (Fsp3) is 0.308. The molecule has 0 atom stereocenters. The van der Waals surface area contributed by atoms with Gasteiger partial charge in [-0.2, -0.15) is 5.01 Å². The third-order valence-electron chi connectivity index (χ3n) is 2.39. The average molecular weight is 295 g/mol. The summed E-state index contributed by atoms with van der Waals surface area (Å²) in [7, 11) is 2.42. The van der Waals surface area contributed by atoms with Crippen molar-refractivity contribution in [3.63, 3.8) is 0 Å². The molecule has 21 heavy (non-hydrogen) atoms. The molecule has 0 saturated carbocycles. The van der Waals surface area contributed by atoms with Crippen molar-refractivity contribution in [3.05, 3.63) is 30.3 Å². The van der Waals surface area contributed by atoms with Crippen LogP contribution < -0.4 is 10.7 Å². The average Bonchev–Trinajstić information content (AvgIpc) is 2.47. The first-order valence-electron chi connectivity index (χ1n) is 6.06. The topological polar surface area (TPSA) is 97.0 Å². The van der Waals surface area contributed by atoms with Gasteiger partial charge in [0, 0.05) is 5.69 Å². The van der Waals surface area contributed by atoms with Gasteiger partial charge in [-0.3, -0.25) is 15.0 Å². The predicted molar refractivity (Wildman–Crippen MR) is 74.2 cm³/mol. The largest absolute Gasteiger partial charge is 0.468 e. The Morgan fingerprint density at radius 1 is 1.00 bits per heavy atom. The van der Waals surface area contributed by atoms with Crippen molar-refractivity contribution in [1.82, 2.24) is 10.4 Å². The van der Waals surface area contributed by atoms with Crippen molar-refractivity contribution in [2.24, 2.45) is 0 Å². The molecule has 114 valence electrons. The summed E-state index contributed by atoms with van der Waals surface area (Å²) in [4.78, 5) is 34.3. The van der Waals surface area contributed by atoms with E-state index in [1.165, 1.54) is 14.2 Å². The van der Waals surface area contributed by atoms with E-state index in [1.807, 2.05) is 6.07 Å². The van der Waals surface area contributed by atoms with E-state index in [4.69, 9.17) is 0 Å². The number of hydrogen-bond donors (Lipinski definition) is 2. The van der Waals surface area contributed by atoms with Gasteiger partial charge in [-0.25, -0.2) is 4.79 Å². The summed E-state index contributed by atoms with van der Waals surface area (Å²) < 4.78 is 8.98. The van der Waals surface area contributed by atoms with Crippen LogP contribution in [-0.4, -0.2) is 50.3 Å². The standard InChI is InChI=1S/C13H17N3O5/c1-20-11(17)8-16(9-12(18)21-2)15-13(19)14-10-6-4-3-5-7-10/h3-7H,8-9H2,1-2H3,(H2,14,15,19). The minimum Gasteiger partial charge on any atom is -0.468 e. The van der Waals surface area contributed by atoms with Gasteiger partial charge in [0.25, 0.3) is 0 Å². The highest BCUT2D eigenvalue weighted by atomic mass is 16.5. The zero-order chi connectivity index (χ0) is 15.7. The van der Waals surface area contributed by atoms with Crippen LogP contribution in [0.15, 0.2) is 30.3 Å². The van der Waals surface area contributed by atoms with Gasteiger partial charge in [-0.1, -0.05) is 18.2 Å². The maximum absolute atomic E-state index is 11.8. The molecule has 1 rings (SSSR count). The molecular formula is C13H17N3O5. The lowest BCUT2D eigenvalue weighted by Gasteiger charge is -2.20. The Kier molecular flexibility index (Phi) is 6.69. The van der Waals surface area contributed by atoms with E-state index in [9.17, 15) is 14.4 Å². The molecule has 0 aliphatic carbocycles. The predicted octanol–water partition coefficient (Wildman–Crippen LogP) is 0.371. The zero-order valence-corrected chi connectivity index (χ0v) is 11.8. The Bertz CT molecular complexity index is 474. The van der Waals surface area contributed by atoms with Crippen LogP contribution in [0.3, 0.4) is 0 Å². The van der Waals surface area contributed by atoms with Gasteiger partial charge < -0.3 is 14.8 Å². The van der Waals surface area contributed by atoms with Gasteiger partial charge in [-0.15, -0.1) is 0 Å². The van der Waals surface area contributed by atoms with E-state index >= 15 is 0 Å². The molecule has 0 saturated heterocycles. The Morgan fingerprint density at radius 2 is 1.52 bits per heavy atom. The second kappa shape index (κ2) is 8.54. The number of nitrogens with zero attached hydrogens (tertiary/aromatic N) is 1. The van der Waals surface area contributed by atoms with Crippen LogP contribution in [0.5, 0.6) is 0 Å². The molecule has 0 spiro atoms. The molecule has 0 bridgehead atoms. The number of carbonyl (C=O) groups excluding carboxylic acids is 3. The van der Waals surface area contributed by atoms with E-state index in [1.54, 1.807) is 24.3 Å². The molecule has 0 unspecified atom stereocenters. The normalized spacial score (nSPS) is 9.86. The number of carbonyl (C=O) groups is 3. The van der Waals surface area contributed by atoms with Crippen molar-refractivity contribution < 1.29 is 23.9 Å². The van der Waals surface area contributed by atoms with Crippen molar-refractivity contribution in [1.29, 1.82) is 0 Å². The van der Waals surface area contributed by atoms with Crippen molar-refractivity contribution in [2.45, 2.75) is 0 Å². The lowest BCUT2D eigenvalue weighted by molar-refractivity contribution is -0.146. The van der Waals surface area contributed by atoms with Crippen LogP contribution in [-0.2, 0) is 19.1 Å². The molecule has 8 nitrogen and oxygen atoms in total. The summed E-state index contributed by atoms with van der Waals surface area (Å²) in [6.45, 7) is -0.568. The highest BCUT2D eigenvalue weighted by molar-refractivity contribution is 5.89. The van der Waals surface area contributed by atoms with Crippen LogP contribution >= 0.6 is 0 Å². The second-order valence-corrected chi connectivity index (χ2v) is 3.94. The highest BCUT2D eigenvalue weighted by Gasteiger charge is 2.17. The highest BCUT2D eigenvalue weighted by Crippen LogP contribution is 2.04. The van der Waals surface area contributed by atoms with Crippen LogP contribution in [0.2, 0.25) is 0 Å². The van der Waals surface area contributed by atoms with Gasteiger partial charge in [0.15, 0.2) is 0 Å². The molecule has 0 heterocycles. The second-order valence-electron chi connectivity index (χ2n) is 3.94. The molecule has 2 N–H and O–H groups in total. The number of anilines is 1. The van der Waals surface area contributed by atoms with Gasteiger partial charge in [0.05, 0.1) is 14.2 Å². The van der Waals surface area contributed by atoms with Crippen LogP contribution in [0.25, 0.3) is 0 Å². The van der Waals surface area contributed by atoms with E-state index in [0.717, 1.165) is 5.01 Å². The summed E-state index contributed by atoms with van der Waals surface area (Å²) in [5, 5.41) is 3.65. The maximum atomic E-state index is 11.8. The van der Waals surface area contributed by atoms with Crippen LogP contribution in [0, 0.1) is 0 Å².